The highest BCUT2D eigenvalue weighted by atomic mass is 35.5. The van der Waals surface area contributed by atoms with Crippen LogP contribution in [-0.4, -0.2) is 34.2 Å². The summed E-state index contributed by atoms with van der Waals surface area (Å²) in [6.07, 6.45) is 1.47. The summed E-state index contributed by atoms with van der Waals surface area (Å²) in [7, 11) is 0. The normalized spacial score (nSPS) is 19.0. The molecule has 1 aliphatic heterocycles. The minimum Gasteiger partial charge on any atom is -0.444 e. The van der Waals surface area contributed by atoms with Crippen molar-refractivity contribution in [2.24, 2.45) is 5.92 Å². The van der Waals surface area contributed by atoms with Gasteiger partial charge in [-0.25, -0.2) is 14.5 Å². The van der Waals surface area contributed by atoms with Gasteiger partial charge < -0.3 is 9.47 Å². The first-order chi connectivity index (χ1) is 17.7. The minimum atomic E-state index is -0.744. The zero-order valence-electron chi connectivity index (χ0n) is 23.0. The van der Waals surface area contributed by atoms with Crippen LogP contribution in [0.2, 0.25) is 5.02 Å². The molecular weight excluding hydrogens is 504 g/mol. The maximum atomic E-state index is 13.5. The molecule has 2 aromatic carbocycles. The number of halogens is 1. The fourth-order valence-electron chi connectivity index (χ4n) is 5.19. The van der Waals surface area contributed by atoms with Gasteiger partial charge in [-0.15, -0.1) is 0 Å². The molecule has 204 valence electrons. The molecule has 8 heteroatoms. The third-order valence-electron chi connectivity index (χ3n) is 6.65. The summed E-state index contributed by atoms with van der Waals surface area (Å²) in [6, 6.07) is 13.1. The number of amides is 3. The maximum absolute atomic E-state index is 13.5. The molecule has 1 aliphatic carbocycles. The van der Waals surface area contributed by atoms with Crippen LogP contribution in [0.5, 0.6) is 0 Å². The first-order valence-corrected chi connectivity index (χ1v) is 13.5. The van der Waals surface area contributed by atoms with Gasteiger partial charge in [-0.05, 0) is 95.2 Å². The van der Waals surface area contributed by atoms with Gasteiger partial charge in [0.1, 0.15) is 11.2 Å². The highest BCUT2D eigenvalue weighted by Gasteiger charge is 2.46. The molecule has 0 saturated heterocycles. The van der Waals surface area contributed by atoms with Gasteiger partial charge in [0.15, 0.2) is 0 Å². The zero-order valence-corrected chi connectivity index (χ0v) is 23.8. The van der Waals surface area contributed by atoms with E-state index in [0.717, 1.165) is 36.0 Å². The SMILES string of the molecule is CC(C)(C)OC(=O)N(Cc1cccc(Cl)c1)Cc1ccc2c(c1)N(C(=O)OC(C)(C)C)C(=O)C1CCCC21. The highest BCUT2D eigenvalue weighted by Crippen LogP contribution is 2.48. The molecule has 3 amide bonds. The van der Waals surface area contributed by atoms with Gasteiger partial charge in [0.05, 0.1) is 5.69 Å². The maximum Gasteiger partial charge on any atom is 0.421 e. The molecule has 2 unspecified atom stereocenters. The molecule has 0 N–H and O–H groups in total. The summed E-state index contributed by atoms with van der Waals surface area (Å²) in [5.74, 6) is -0.352. The van der Waals surface area contributed by atoms with E-state index >= 15 is 0 Å². The van der Waals surface area contributed by atoms with E-state index in [2.05, 4.69) is 0 Å². The second-order valence-corrected chi connectivity index (χ2v) is 12.6. The molecule has 4 rings (SSSR count). The molecule has 2 atom stereocenters. The Bertz CT molecular complexity index is 1230. The van der Waals surface area contributed by atoms with Gasteiger partial charge >= 0.3 is 12.2 Å². The lowest BCUT2D eigenvalue weighted by Crippen LogP contribution is -2.47. The van der Waals surface area contributed by atoms with Crippen LogP contribution in [0.25, 0.3) is 0 Å². The zero-order chi connectivity index (χ0) is 27.8. The van der Waals surface area contributed by atoms with Crippen LogP contribution in [0.1, 0.15) is 83.4 Å². The number of ether oxygens (including phenoxy) is 2. The van der Waals surface area contributed by atoms with Crippen molar-refractivity contribution in [2.75, 3.05) is 4.90 Å². The van der Waals surface area contributed by atoms with Crippen molar-refractivity contribution < 1.29 is 23.9 Å². The van der Waals surface area contributed by atoms with Crippen LogP contribution >= 0.6 is 11.6 Å². The van der Waals surface area contributed by atoms with E-state index in [1.807, 2.05) is 57.2 Å². The van der Waals surface area contributed by atoms with Gasteiger partial charge in [-0.3, -0.25) is 9.69 Å². The standard InChI is InChI=1S/C30H37ClN2O5/c1-29(2,3)37-27(35)32(17-19-9-7-10-21(31)15-19)18-20-13-14-23-22-11-8-12-24(22)26(34)33(25(23)16-20)28(36)38-30(4,5)6/h7,9-10,13-16,22,24H,8,11-12,17-18H2,1-6H3. The van der Waals surface area contributed by atoms with Crippen molar-refractivity contribution in [2.45, 2.75) is 91.0 Å². The summed E-state index contributed by atoms with van der Waals surface area (Å²) in [4.78, 5) is 42.7. The Morgan fingerprint density at radius 2 is 1.55 bits per heavy atom. The van der Waals surface area contributed by atoms with E-state index in [0.29, 0.717) is 10.7 Å². The molecule has 1 fully saturated rings. The Labute approximate surface area is 230 Å². The summed E-state index contributed by atoms with van der Waals surface area (Å²) in [6.45, 7) is 11.3. The summed E-state index contributed by atoms with van der Waals surface area (Å²) >= 11 is 6.19. The van der Waals surface area contributed by atoms with Gasteiger partial charge in [0, 0.05) is 24.0 Å². The van der Waals surface area contributed by atoms with Crippen molar-refractivity contribution in [3.8, 4) is 0 Å². The number of carbonyl (C=O) groups is 3. The van der Waals surface area contributed by atoms with Crippen molar-refractivity contribution >= 4 is 35.4 Å². The lowest BCUT2D eigenvalue weighted by atomic mass is 9.82. The molecule has 38 heavy (non-hydrogen) atoms. The number of hydrogen-bond donors (Lipinski definition) is 0. The average molecular weight is 541 g/mol. The van der Waals surface area contributed by atoms with Crippen molar-refractivity contribution in [1.29, 1.82) is 0 Å². The Morgan fingerprint density at radius 1 is 0.921 bits per heavy atom. The number of nitrogens with zero attached hydrogens (tertiary/aromatic N) is 2. The second kappa shape index (κ2) is 10.6. The first kappa shape index (κ1) is 28.0. The Balaban J connectivity index is 1.69. The van der Waals surface area contributed by atoms with Crippen LogP contribution in [0.15, 0.2) is 42.5 Å². The Kier molecular flexibility index (Phi) is 7.80. The van der Waals surface area contributed by atoms with Gasteiger partial charge in [0.25, 0.3) is 0 Å². The predicted molar refractivity (Wildman–Crippen MR) is 147 cm³/mol. The smallest absolute Gasteiger partial charge is 0.421 e. The van der Waals surface area contributed by atoms with E-state index in [1.54, 1.807) is 31.7 Å². The fourth-order valence-corrected chi connectivity index (χ4v) is 5.40. The molecule has 0 bridgehead atoms. The Morgan fingerprint density at radius 3 is 2.18 bits per heavy atom. The second-order valence-electron chi connectivity index (χ2n) is 12.2. The number of fused-ring (bicyclic) bond motifs is 3. The van der Waals surface area contributed by atoms with Gasteiger partial charge in [0.2, 0.25) is 5.91 Å². The molecule has 0 spiro atoms. The van der Waals surface area contributed by atoms with E-state index in [9.17, 15) is 14.4 Å². The quantitative estimate of drug-likeness (QED) is 0.402. The molecule has 0 radical (unpaired) electrons. The lowest BCUT2D eigenvalue weighted by Gasteiger charge is -2.36. The average Bonchev–Trinajstić information content (AvgIpc) is 3.27. The van der Waals surface area contributed by atoms with Gasteiger partial charge in [-0.1, -0.05) is 42.3 Å². The topological polar surface area (TPSA) is 76.2 Å². The highest BCUT2D eigenvalue weighted by molar-refractivity contribution is 6.30. The molecular formula is C30H37ClN2O5. The van der Waals surface area contributed by atoms with Crippen molar-refractivity contribution in [1.82, 2.24) is 4.90 Å². The van der Waals surface area contributed by atoms with E-state index in [1.165, 1.54) is 4.90 Å². The van der Waals surface area contributed by atoms with Crippen molar-refractivity contribution in [3.05, 3.63) is 64.2 Å². The minimum absolute atomic E-state index is 0.0821. The first-order valence-electron chi connectivity index (χ1n) is 13.1. The number of benzene rings is 2. The number of imide groups is 1. The lowest BCUT2D eigenvalue weighted by molar-refractivity contribution is -0.122. The van der Waals surface area contributed by atoms with Crippen LogP contribution < -0.4 is 4.90 Å². The Hall–Kier alpha value is -3.06. The van der Waals surface area contributed by atoms with Crippen LogP contribution in [-0.2, 0) is 27.4 Å². The number of hydrogen-bond acceptors (Lipinski definition) is 5. The van der Waals surface area contributed by atoms with Crippen LogP contribution in [0.3, 0.4) is 0 Å². The molecule has 2 aliphatic rings. The van der Waals surface area contributed by atoms with E-state index < -0.39 is 23.4 Å². The third kappa shape index (κ3) is 6.49. The van der Waals surface area contributed by atoms with Gasteiger partial charge in [-0.2, -0.15) is 0 Å². The third-order valence-corrected chi connectivity index (χ3v) is 6.89. The molecule has 1 heterocycles. The van der Waals surface area contributed by atoms with Crippen LogP contribution in [0, 0.1) is 5.92 Å². The summed E-state index contributed by atoms with van der Waals surface area (Å²) in [5, 5.41) is 0.582. The number of carbonyl (C=O) groups excluding carboxylic acids is 3. The van der Waals surface area contributed by atoms with Crippen LogP contribution in [0.4, 0.5) is 15.3 Å². The predicted octanol–water partition coefficient (Wildman–Crippen LogP) is 7.44. The summed E-state index contributed by atoms with van der Waals surface area (Å²) < 4.78 is 11.3. The molecule has 0 aromatic heterocycles. The molecule has 7 nitrogen and oxygen atoms in total. The fraction of sp³-hybridized carbons (Fsp3) is 0.500. The summed E-state index contributed by atoms with van der Waals surface area (Å²) in [5.41, 5.74) is 1.73. The monoisotopic (exact) mass is 540 g/mol. The number of rotatable bonds is 4. The molecule has 1 saturated carbocycles. The molecule has 2 aromatic rings. The van der Waals surface area contributed by atoms with E-state index in [4.69, 9.17) is 21.1 Å². The van der Waals surface area contributed by atoms with Crippen molar-refractivity contribution in [3.63, 3.8) is 0 Å². The largest absolute Gasteiger partial charge is 0.444 e. The van der Waals surface area contributed by atoms with E-state index in [-0.39, 0.29) is 30.8 Å². The number of anilines is 1.